The molecule has 0 saturated carbocycles. The maximum Gasteiger partial charge on any atom is 0.193 e. The molecule has 0 fully saturated rings. The number of para-hydroxylation sites is 1. The van der Waals surface area contributed by atoms with E-state index in [0.717, 1.165) is 42.5 Å². The maximum absolute atomic E-state index is 5.40. The van der Waals surface area contributed by atoms with Crippen LogP contribution in [0.25, 0.3) is 0 Å². The number of aromatic nitrogens is 1. The van der Waals surface area contributed by atoms with Gasteiger partial charge in [0.15, 0.2) is 5.96 Å². The Morgan fingerprint density at radius 3 is 2.62 bits per heavy atom. The van der Waals surface area contributed by atoms with Crippen LogP contribution in [-0.4, -0.2) is 43.6 Å². The molecule has 0 aliphatic carbocycles. The third-order valence-corrected chi connectivity index (χ3v) is 3.56. The van der Waals surface area contributed by atoms with Crippen molar-refractivity contribution in [2.75, 3.05) is 27.7 Å². The zero-order chi connectivity index (χ0) is 16.5. The molecule has 130 valence electrons. The fraction of sp³-hybridized carbons (Fsp3) is 0.333. The van der Waals surface area contributed by atoms with Crippen LogP contribution >= 0.6 is 24.0 Å². The van der Waals surface area contributed by atoms with E-state index in [1.807, 2.05) is 49.6 Å². The van der Waals surface area contributed by atoms with Crippen molar-refractivity contribution in [2.24, 2.45) is 4.99 Å². The molecule has 1 heterocycles. The number of guanidine groups is 1. The summed E-state index contributed by atoms with van der Waals surface area (Å²) in [6.45, 7) is 1.52. The zero-order valence-corrected chi connectivity index (χ0v) is 16.7. The van der Waals surface area contributed by atoms with Gasteiger partial charge >= 0.3 is 0 Å². The fourth-order valence-corrected chi connectivity index (χ4v) is 2.40. The first-order valence-electron chi connectivity index (χ1n) is 7.68. The van der Waals surface area contributed by atoms with E-state index in [2.05, 4.69) is 26.3 Å². The third kappa shape index (κ3) is 5.99. The molecule has 0 amide bonds. The van der Waals surface area contributed by atoms with Gasteiger partial charge in [-0.3, -0.25) is 9.98 Å². The summed E-state index contributed by atoms with van der Waals surface area (Å²) in [6.07, 6.45) is 2.68. The Morgan fingerprint density at radius 2 is 1.96 bits per heavy atom. The highest BCUT2D eigenvalue weighted by atomic mass is 127. The van der Waals surface area contributed by atoms with Gasteiger partial charge < -0.3 is 15.0 Å². The van der Waals surface area contributed by atoms with E-state index < -0.39 is 0 Å². The predicted molar refractivity (Wildman–Crippen MR) is 109 cm³/mol. The Labute approximate surface area is 161 Å². The molecule has 0 spiro atoms. The number of nitrogens with one attached hydrogen (secondary N) is 1. The first-order chi connectivity index (χ1) is 11.2. The number of hydrogen-bond donors (Lipinski definition) is 1. The van der Waals surface area contributed by atoms with Gasteiger partial charge in [-0.25, -0.2) is 0 Å². The van der Waals surface area contributed by atoms with Gasteiger partial charge in [0.25, 0.3) is 0 Å². The monoisotopic (exact) mass is 440 g/mol. The SMILES string of the molecule is CN=C(NCCc1ccccn1)N(C)Cc1ccccc1OC.I. The van der Waals surface area contributed by atoms with Crippen LogP contribution in [0.3, 0.4) is 0 Å². The van der Waals surface area contributed by atoms with E-state index in [1.54, 1.807) is 14.2 Å². The van der Waals surface area contributed by atoms with Crippen LogP contribution in [0.1, 0.15) is 11.3 Å². The summed E-state index contributed by atoms with van der Waals surface area (Å²) in [4.78, 5) is 10.7. The lowest BCUT2D eigenvalue weighted by Gasteiger charge is -2.23. The highest BCUT2D eigenvalue weighted by molar-refractivity contribution is 14.0. The summed E-state index contributed by atoms with van der Waals surface area (Å²) in [5.41, 5.74) is 2.20. The minimum Gasteiger partial charge on any atom is -0.496 e. The van der Waals surface area contributed by atoms with E-state index in [0.29, 0.717) is 0 Å². The Bertz CT molecular complexity index is 634. The van der Waals surface area contributed by atoms with Crippen molar-refractivity contribution >= 4 is 29.9 Å². The van der Waals surface area contributed by atoms with E-state index in [9.17, 15) is 0 Å². The summed E-state index contributed by atoms with van der Waals surface area (Å²) in [7, 11) is 5.50. The highest BCUT2D eigenvalue weighted by Crippen LogP contribution is 2.18. The van der Waals surface area contributed by atoms with Crippen LogP contribution in [0.2, 0.25) is 0 Å². The molecule has 2 aromatic rings. The van der Waals surface area contributed by atoms with Gasteiger partial charge in [-0.1, -0.05) is 24.3 Å². The van der Waals surface area contributed by atoms with E-state index >= 15 is 0 Å². The zero-order valence-electron chi connectivity index (χ0n) is 14.4. The number of ether oxygens (including phenoxy) is 1. The minimum absolute atomic E-state index is 0. The van der Waals surface area contributed by atoms with Crippen LogP contribution in [0, 0.1) is 0 Å². The Hall–Kier alpha value is -1.83. The topological polar surface area (TPSA) is 49.8 Å². The molecule has 2 rings (SSSR count). The number of methoxy groups -OCH3 is 1. The molecule has 0 unspecified atom stereocenters. The van der Waals surface area contributed by atoms with Gasteiger partial charge in [0.05, 0.1) is 7.11 Å². The van der Waals surface area contributed by atoms with Crippen molar-refractivity contribution < 1.29 is 4.74 Å². The van der Waals surface area contributed by atoms with Gasteiger partial charge in [0, 0.05) is 51.1 Å². The van der Waals surface area contributed by atoms with Gasteiger partial charge in [-0.15, -0.1) is 24.0 Å². The molecule has 5 nitrogen and oxygen atoms in total. The quantitative estimate of drug-likeness (QED) is 0.427. The second-order valence-corrected chi connectivity index (χ2v) is 5.21. The van der Waals surface area contributed by atoms with Gasteiger partial charge in [-0.05, 0) is 18.2 Å². The molecule has 24 heavy (non-hydrogen) atoms. The number of nitrogens with zero attached hydrogens (tertiary/aromatic N) is 3. The lowest BCUT2D eigenvalue weighted by atomic mass is 10.2. The third-order valence-electron chi connectivity index (χ3n) is 3.56. The largest absolute Gasteiger partial charge is 0.496 e. The van der Waals surface area contributed by atoms with Crippen molar-refractivity contribution in [1.29, 1.82) is 0 Å². The van der Waals surface area contributed by atoms with Crippen molar-refractivity contribution in [3.8, 4) is 5.75 Å². The van der Waals surface area contributed by atoms with Crippen molar-refractivity contribution in [3.05, 3.63) is 59.9 Å². The number of aliphatic imine (C=N–C) groups is 1. The van der Waals surface area contributed by atoms with E-state index in [1.165, 1.54) is 0 Å². The first kappa shape index (κ1) is 20.2. The number of halogens is 1. The van der Waals surface area contributed by atoms with Crippen LogP contribution in [0.4, 0.5) is 0 Å². The molecule has 0 aliphatic heterocycles. The van der Waals surface area contributed by atoms with Crippen LogP contribution in [0.5, 0.6) is 5.75 Å². The smallest absolute Gasteiger partial charge is 0.193 e. The molecule has 6 heteroatoms. The van der Waals surface area contributed by atoms with Crippen LogP contribution in [0.15, 0.2) is 53.7 Å². The summed E-state index contributed by atoms with van der Waals surface area (Å²) in [5, 5.41) is 3.37. The Balaban J connectivity index is 0.00000288. The molecular weight excluding hydrogens is 415 g/mol. The standard InChI is InChI=1S/C18H24N4O.HI/c1-19-18(21-13-11-16-9-6-7-12-20-16)22(2)14-15-8-4-5-10-17(15)23-3;/h4-10,12H,11,13-14H2,1-3H3,(H,19,21);1H. The van der Waals surface area contributed by atoms with Crippen molar-refractivity contribution in [2.45, 2.75) is 13.0 Å². The number of pyridine rings is 1. The van der Waals surface area contributed by atoms with Crippen LogP contribution < -0.4 is 10.1 Å². The second kappa shape index (κ2) is 10.9. The number of benzene rings is 1. The molecule has 1 N–H and O–H groups in total. The first-order valence-corrected chi connectivity index (χ1v) is 7.68. The molecule has 0 radical (unpaired) electrons. The Morgan fingerprint density at radius 1 is 1.21 bits per heavy atom. The van der Waals surface area contributed by atoms with Gasteiger partial charge in [0.1, 0.15) is 5.75 Å². The van der Waals surface area contributed by atoms with Crippen molar-refractivity contribution in [1.82, 2.24) is 15.2 Å². The number of rotatable bonds is 6. The Kier molecular flexibility index (Phi) is 9.14. The molecular formula is C18H25IN4O. The number of hydrogen-bond acceptors (Lipinski definition) is 3. The molecule has 0 atom stereocenters. The van der Waals surface area contributed by atoms with Gasteiger partial charge in [0.2, 0.25) is 0 Å². The van der Waals surface area contributed by atoms with E-state index in [4.69, 9.17) is 4.74 Å². The molecule has 0 saturated heterocycles. The van der Waals surface area contributed by atoms with Gasteiger partial charge in [-0.2, -0.15) is 0 Å². The average Bonchev–Trinajstić information content (AvgIpc) is 2.60. The molecule has 1 aromatic heterocycles. The molecule has 0 aliphatic rings. The molecule has 0 bridgehead atoms. The highest BCUT2D eigenvalue weighted by Gasteiger charge is 2.09. The summed E-state index contributed by atoms with van der Waals surface area (Å²) >= 11 is 0. The minimum atomic E-state index is 0. The lowest BCUT2D eigenvalue weighted by Crippen LogP contribution is -2.39. The summed E-state index contributed by atoms with van der Waals surface area (Å²) in [5.74, 6) is 1.75. The molecule has 1 aromatic carbocycles. The summed E-state index contributed by atoms with van der Waals surface area (Å²) < 4.78 is 5.40. The average molecular weight is 440 g/mol. The normalized spacial score (nSPS) is 10.7. The van der Waals surface area contributed by atoms with Crippen molar-refractivity contribution in [3.63, 3.8) is 0 Å². The fourth-order valence-electron chi connectivity index (χ4n) is 2.40. The van der Waals surface area contributed by atoms with Crippen LogP contribution in [-0.2, 0) is 13.0 Å². The second-order valence-electron chi connectivity index (χ2n) is 5.21. The maximum atomic E-state index is 5.40. The summed E-state index contributed by atoms with van der Waals surface area (Å²) in [6, 6.07) is 14.0. The lowest BCUT2D eigenvalue weighted by molar-refractivity contribution is 0.396. The van der Waals surface area contributed by atoms with E-state index in [-0.39, 0.29) is 24.0 Å². The predicted octanol–water partition coefficient (Wildman–Crippen LogP) is 2.96.